The first kappa shape index (κ1) is 10.6. The Morgan fingerprint density at radius 3 is 2.88 bits per heavy atom. The first-order valence-electron chi connectivity index (χ1n) is 5.39. The lowest BCUT2D eigenvalue weighted by molar-refractivity contribution is 0.537. The third-order valence-electron chi connectivity index (χ3n) is 2.39. The molecule has 0 unspecified atom stereocenters. The second kappa shape index (κ2) is 4.28. The molecule has 0 saturated carbocycles. The first-order valence-corrected chi connectivity index (χ1v) is 5.39. The topological polar surface area (TPSA) is 29.9 Å². The van der Waals surface area contributed by atoms with Crippen LogP contribution in [0.15, 0.2) is 24.3 Å². The standard InChI is InChI=1S/C13H15N3/c1-4-14-13-15-11-7-5-6-8-12(11)16(13)9-10(2)3/h1,5-8,10H,9H2,2-3H3,(H,14,15). The van der Waals surface area contributed by atoms with Crippen LogP contribution in [0.1, 0.15) is 13.8 Å². The Labute approximate surface area is 95.5 Å². The normalized spacial score (nSPS) is 10.6. The largest absolute Gasteiger partial charge is 0.309 e. The fraction of sp³-hybridized carbons (Fsp3) is 0.308. The van der Waals surface area contributed by atoms with E-state index in [0.717, 1.165) is 23.5 Å². The minimum atomic E-state index is 0.552. The lowest BCUT2D eigenvalue weighted by atomic mass is 10.2. The average Bonchev–Trinajstić information content (AvgIpc) is 2.57. The summed E-state index contributed by atoms with van der Waals surface area (Å²) in [7, 11) is 0. The highest BCUT2D eigenvalue weighted by Gasteiger charge is 2.10. The molecule has 1 N–H and O–H groups in total. The zero-order valence-electron chi connectivity index (χ0n) is 9.57. The van der Waals surface area contributed by atoms with Gasteiger partial charge < -0.3 is 4.57 Å². The highest BCUT2D eigenvalue weighted by Crippen LogP contribution is 2.20. The van der Waals surface area contributed by atoms with Crippen molar-refractivity contribution in [2.24, 2.45) is 5.92 Å². The van der Waals surface area contributed by atoms with E-state index >= 15 is 0 Å². The van der Waals surface area contributed by atoms with E-state index in [1.165, 1.54) is 0 Å². The minimum absolute atomic E-state index is 0.552. The number of hydrogen-bond donors (Lipinski definition) is 1. The van der Waals surface area contributed by atoms with Gasteiger partial charge in [0, 0.05) is 12.6 Å². The molecule has 2 rings (SSSR count). The summed E-state index contributed by atoms with van der Waals surface area (Å²) in [6.07, 6.45) is 5.27. The lowest BCUT2D eigenvalue weighted by Gasteiger charge is -2.10. The first-order chi connectivity index (χ1) is 7.72. The van der Waals surface area contributed by atoms with Crippen molar-refractivity contribution >= 4 is 17.0 Å². The number of hydrogen-bond acceptors (Lipinski definition) is 2. The maximum absolute atomic E-state index is 5.27. The van der Waals surface area contributed by atoms with Crippen LogP contribution in [0.3, 0.4) is 0 Å². The Morgan fingerprint density at radius 2 is 2.19 bits per heavy atom. The van der Waals surface area contributed by atoms with Gasteiger partial charge in [0.25, 0.3) is 0 Å². The number of anilines is 1. The Hall–Kier alpha value is -1.95. The summed E-state index contributed by atoms with van der Waals surface area (Å²) in [4.78, 5) is 4.46. The van der Waals surface area contributed by atoms with Crippen molar-refractivity contribution in [3.63, 3.8) is 0 Å². The number of benzene rings is 1. The van der Waals surface area contributed by atoms with E-state index in [9.17, 15) is 0 Å². The molecule has 1 aromatic heterocycles. The summed E-state index contributed by atoms with van der Waals surface area (Å²) in [5.74, 6) is 1.30. The molecule has 1 aromatic carbocycles. The summed E-state index contributed by atoms with van der Waals surface area (Å²) >= 11 is 0. The molecule has 1 heterocycles. The van der Waals surface area contributed by atoms with Crippen molar-refractivity contribution in [2.45, 2.75) is 20.4 Å². The fourth-order valence-electron chi connectivity index (χ4n) is 1.79. The van der Waals surface area contributed by atoms with Crippen LogP contribution in [0.2, 0.25) is 0 Å². The average molecular weight is 213 g/mol. The van der Waals surface area contributed by atoms with E-state index < -0.39 is 0 Å². The monoisotopic (exact) mass is 213 g/mol. The Balaban J connectivity index is 2.56. The summed E-state index contributed by atoms with van der Waals surface area (Å²) < 4.78 is 2.12. The second-order valence-corrected chi connectivity index (χ2v) is 4.20. The molecule has 0 spiro atoms. The molecule has 2 aromatic rings. The van der Waals surface area contributed by atoms with E-state index in [0.29, 0.717) is 5.92 Å². The van der Waals surface area contributed by atoms with Crippen LogP contribution in [0.4, 0.5) is 5.95 Å². The van der Waals surface area contributed by atoms with Crippen LogP contribution >= 0.6 is 0 Å². The van der Waals surface area contributed by atoms with Gasteiger partial charge in [0.05, 0.1) is 11.0 Å². The number of nitrogens with zero attached hydrogens (tertiary/aromatic N) is 2. The molecule has 0 amide bonds. The summed E-state index contributed by atoms with van der Waals surface area (Å²) in [6, 6.07) is 10.5. The van der Waals surface area contributed by atoms with Crippen molar-refractivity contribution < 1.29 is 0 Å². The van der Waals surface area contributed by atoms with Gasteiger partial charge in [0.2, 0.25) is 5.95 Å². The molecule has 0 bridgehead atoms. The van der Waals surface area contributed by atoms with Crippen LogP contribution < -0.4 is 5.32 Å². The molecule has 0 radical (unpaired) electrons. The maximum atomic E-state index is 5.27. The van der Waals surface area contributed by atoms with Crippen LogP contribution in [0.5, 0.6) is 0 Å². The third kappa shape index (κ3) is 1.87. The number of rotatable bonds is 3. The van der Waals surface area contributed by atoms with Gasteiger partial charge in [-0.05, 0) is 18.1 Å². The van der Waals surface area contributed by atoms with E-state index in [-0.39, 0.29) is 0 Å². The molecular formula is C13H15N3. The van der Waals surface area contributed by atoms with Gasteiger partial charge in [-0.2, -0.15) is 0 Å². The predicted octanol–water partition coefficient (Wildman–Crippen LogP) is 2.69. The van der Waals surface area contributed by atoms with Crippen molar-refractivity contribution in [1.29, 1.82) is 0 Å². The molecule has 0 saturated heterocycles. The molecule has 0 aliphatic heterocycles. The van der Waals surface area contributed by atoms with Crippen LogP contribution in [0.25, 0.3) is 11.0 Å². The quantitative estimate of drug-likeness (QED) is 0.627. The molecule has 0 fully saturated rings. The van der Waals surface area contributed by atoms with Crippen LogP contribution in [-0.4, -0.2) is 9.55 Å². The van der Waals surface area contributed by atoms with E-state index in [2.05, 4.69) is 40.8 Å². The molecule has 0 atom stereocenters. The summed E-state index contributed by atoms with van der Waals surface area (Å²) in [6.45, 7) is 5.26. The number of nitrogens with one attached hydrogen (secondary N) is 1. The molecule has 3 nitrogen and oxygen atoms in total. The predicted molar refractivity (Wildman–Crippen MR) is 67.0 cm³/mol. The molecule has 82 valence electrons. The number of terminal acetylenes is 1. The number of imidazole rings is 1. The Bertz CT molecular complexity index is 532. The van der Waals surface area contributed by atoms with Gasteiger partial charge in [-0.3, -0.25) is 5.32 Å². The Kier molecular flexibility index (Phi) is 2.82. The van der Waals surface area contributed by atoms with Crippen molar-refractivity contribution in [3.8, 4) is 12.5 Å². The molecule has 0 aliphatic rings. The van der Waals surface area contributed by atoms with Gasteiger partial charge in [0.1, 0.15) is 0 Å². The third-order valence-corrected chi connectivity index (χ3v) is 2.39. The highest BCUT2D eigenvalue weighted by atomic mass is 15.2. The smallest absolute Gasteiger partial charge is 0.215 e. The van der Waals surface area contributed by atoms with Gasteiger partial charge in [-0.1, -0.05) is 32.4 Å². The highest BCUT2D eigenvalue weighted by molar-refractivity contribution is 5.78. The zero-order valence-corrected chi connectivity index (χ0v) is 9.57. The summed E-state index contributed by atoms with van der Waals surface area (Å²) in [5.41, 5.74) is 2.09. The number of para-hydroxylation sites is 2. The summed E-state index contributed by atoms with van der Waals surface area (Å²) in [5, 5.41) is 2.85. The lowest BCUT2D eigenvalue weighted by Crippen LogP contribution is -2.07. The van der Waals surface area contributed by atoms with Crippen molar-refractivity contribution in [3.05, 3.63) is 24.3 Å². The number of fused-ring (bicyclic) bond motifs is 1. The van der Waals surface area contributed by atoms with Crippen LogP contribution in [-0.2, 0) is 6.54 Å². The Morgan fingerprint density at radius 1 is 1.44 bits per heavy atom. The van der Waals surface area contributed by atoms with Gasteiger partial charge in [-0.25, -0.2) is 4.98 Å². The number of aromatic nitrogens is 2. The van der Waals surface area contributed by atoms with E-state index in [1.807, 2.05) is 18.2 Å². The molecule has 3 heteroatoms. The molecule has 16 heavy (non-hydrogen) atoms. The zero-order chi connectivity index (χ0) is 11.5. The second-order valence-electron chi connectivity index (χ2n) is 4.20. The van der Waals surface area contributed by atoms with Crippen LogP contribution in [0, 0.1) is 18.4 Å². The van der Waals surface area contributed by atoms with Crippen molar-refractivity contribution in [2.75, 3.05) is 5.32 Å². The maximum Gasteiger partial charge on any atom is 0.215 e. The van der Waals surface area contributed by atoms with E-state index in [1.54, 1.807) is 0 Å². The van der Waals surface area contributed by atoms with E-state index in [4.69, 9.17) is 6.42 Å². The molecular weight excluding hydrogens is 198 g/mol. The van der Waals surface area contributed by atoms with Gasteiger partial charge in [0.15, 0.2) is 0 Å². The van der Waals surface area contributed by atoms with Gasteiger partial charge in [-0.15, -0.1) is 0 Å². The molecule has 0 aliphatic carbocycles. The SMILES string of the molecule is C#CNc1nc2ccccc2n1CC(C)C. The minimum Gasteiger partial charge on any atom is -0.309 e. The van der Waals surface area contributed by atoms with Gasteiger partial charge >= 0.3 is 0 Å². The fourth-order valence-corrected chi connectivity index (χ4v) is 1.79. The van der Waals surface area contributed by atoms with Crippen molar-refractivity contribution in [1.82, 2.24) is 9.55 Å².